The minimum atomic E-state index is -0.268. The van der Waals surface area contributed by atoms with Crippen molar-refractivity contribution in [2.24, 2.45) is 0 Å². The first kappa shape index (κ1) is 26.0. The molecule has 4 aromatic heterocycles. The Morgan fingerprint density at radius 1 is 0.650 bits per heavy atom. The summed E-state index contributed by atoms with van der Waals surface area (Å²) in [5, 5.41) is 27.9. The number of aromatic nitrogens is 6. The Bertz CT molecular complexity index is 1880. The van der Waals surface area contributed by atoms with Crippen LogP contribution in [0.2, 0.25) is 10.0 Å². The van der Waals surface area contributed by atoms with Crippen LogP contribution >= 0.6 is 23.2 Å². The Hall–Kier alpha value is -4.22. The third-order valence-electron chi connectivity index (χ3n) is 6.78. The molecule has 202 valence electrons. The molecule has 0 bridgehead atoms. The molecule has 0 saturated heterocycles. The summed E-state index contributed by atoms with van der Waals surface area (Å²) in [5.74, 6) is 0. The average molecular weight is 577 g/mol. The highest BCUT2D eigenvalue weighted by molar-refractivity contribution is 6.39. The van der Waals surface area contributed by atoms with Crippen LogP contribution in [0.4, 0.5) is 0 Å². The van der Waals surface area contributed by atoms with Crippen molar-refractivity contribution in [3.63, 3.8) is 0 Å². The van der Waals surface area contributed by atoms with Crippen molar-refractivity contribution < 1.29 is 10.2 Å². The van der Waals surface area contributed by atoms with Gasteiger partial charge in [-0.3, -0.25) is 18.7 Å². The van der Waals surface area contributed by atoms with E-state index in [4.69, 9.17) is 23.2 Å². The first-order valence-electron chi connectivity index (χ1n) is 12.4. The maximum Gasteiger partial charge on any atom is 0.277 e. The summed E-state index contributed by atoms with van der Waals surface area (Å²) in [6, 6.07) is 14.6. The van der Waals surface area contributed by atoms with Crippen molar-refractivity contribution in [2.45, 2.75) is 13.1 Å². The lowest BCUT2D eigenvalue weighted by Gasteiger charge is -2.13. The molecule has 6 aromatic rings. The number of hydrogen-bond acceptors (Lipinski definition) is 6. The van der Waals surface area contributed by atoms with Gasteiger partial charge >= 0.3 is 0 Å². The normalized spacial score (nSPS) is 11.6. The van der Waals surface area contributed by atoms with Crippen LogP contribution in [0.15, 0.2) is 83.2 Å². The molecular formula is C28H22Cl2N6O4. The maximum absolute atomic E-state index is 12.8. The lowest BCUT2D eigenvalue weighted by atomic mass is 9.97. The van der Waals surface area contributed by atoms with Crippen LogP contribution in [0, 0.1) is 0 Å². The van der Waals surface area contributed by atoms with E-state index in [1.54, 1.807) is 24.5 Å². The molecule has 0 saturated carbocycles. The molecule has 0 fully saturated rings. The molecule has 0 aliphatic rings. The molecule has 0 aliphatic heterocycles. The summed E-state index contributed by atoms with van der Waals surface area (Å²) in [6.45, 7) is -0.0338. The predicted molar refractivity (Wildman–Crippen MR) is 153 cm³/mol. The van der Waals surface area contributed by atoms with E-state index in [9.17, 15) is 19.8 Å². The molecule has 0 radical (unpaired) electrons. The van der Waals surface area contributed by atoms with Crippen LogP contribution < -0.4 is 11.1 Å². The first-order valence-corrected chi connectivity index (χ1v) is 13.1. The number of halogens is 2. The zero-order valence-electron chi connectivity index (χ0n) is 20.9. The largest absolute Gasteiger partial charge is 0.395 e. The first-order chi connectivity index (χ1) is 19.4. The summed E-state index contributed by atoms with van der Waals surface area (Å²) >= 11 is 13.9. The molecule has 4 heterocycles. The third kappa shape index (κ3) is 4.31. The molecule has 0 spiro atoms. The van der Waals surface area contributed by atoms with Crippen molar-refractivity contribution in [1.82, 2.24) is 28.4 Å². The number of hydrogen-bond donors (Lipinski definition) is 2. The van der Waals surface area contributed by atoms with Crippen LogP contribution in [-0.2, 0) is 13.1 Å². The average Bonchev–Trinajstić information content (AvgIpc) is 3.58. The molecule has 0 atom stereocenters. The van der Waals surface area contributed by atoms with Crippen molar-refractivity contribution in [3.8, 4) is 33.4 Å². The van der Waals surface area contributed by atoms with Gasteiger partial charge in [0.1, 0.15) is 23.7 Å². The van der Waals surface area contributed by atoms with Crippen molar-refractivity contribution in [2.75, 3.05) is 13.2 Å². The smallest absolute Gasteiger partial charge is 0.277 e. The van der Waals surface area contributed by atoms with Gasteiger partial charge in [-0.15, -0.1) is 0 Å². The second-order valence-corrected chi connectivity index (χ2v) is 9.91. The molecule has 0 aliphatic carbocycles. The molecule has 2 N–H and O–H groups in total. The van der Waals surface area contributed by atoms with Gasteiger partial charge in [0, 0.05) is 45.8 Å². The predicted octanol–water partition coefficient (Wildman–Crippen LogP) is 3.60. The van der Waals surface area contributed by atoms with E-state index in [1.807, 2.05) is 36.4 Å². The minimum Gasteiger partial charge on any atom is -0.395 e. The van der Waals surface area contributed by atoms with E-state index >= 15 is 0 Å². The quantitative estimate of drug-likeness (QED) is 0.300. The van der Waals surface area contributed by atoms with Crippen molar-refractivity contribution in [3.05, 3.63) is 104 Å². The molecule has 0 amide bonds. The van der Waals surface area contributed by atoms with Gasteiger partial charge in [0.15, 0.2) is 0 Å². The van der Waals surface area contributed by atoms with E-state index in [-0.39, 0.29) is 37.4 Å². The molecular weight excluding hydrogens is 555 g/mol. The second kappa shape index (κ2) is 10.4. The number of aliphatic hydroxyl groups excluding tert-OH is 2. The van der Waals surface area contributed by atoms with Crippen LogP contribution in [0.1, 0.15) is 0 Å². The SMILES string of the molecule is O=c1c2cc(-c3cccc(-c4cccc(-c5cc6c(=O)n(CCO)cnn6c5)c4Cl)c3Cl)cn2ncn1CCO. The summed E-state index contributed by atoms with van der Waals surface area (Å²) < 4.78 is 5.68. The highest BCUT2D eigenvalue weighted by Gasteiger charge is 2.18. The fourth-order valence-electron chi connectivity index (χ4n) is 4.80. The fourth-order valence-corrected chi connectivity index (χ4v) is 5.48. The monoisotopic (exact) mass is 576 g/mol. The summed E-state index contributed by atoms with van der Waals surface area (Å²) in [6.07, 6.45) is 6.24. The van der Waals surface area contributed by atoms with Crippen LogP contribution in [-0.4, -0.2) is 51.8 Å². The van der Waals surface area contributed by atoms with Crippen molar-refractivity contribution in [1.29, 1.82) is 0 Å². The molecule has 10 nitrogen and oxygen atoms in total. The van der Waals surface area contributed by atoms with Gasteiger partial charge in [0.2, 0.25) is 0 Å². The molecule has 6 rings (SSSR count). The second-order valence-electron chi connectivity index (χ2n) is 9.16. The Balaban J connectivity index is 1.44. The summed E-state index contributed by atoms with van der Waals surface area (Å²) in [5.41, 5.74) is 4.37. The van der Waals surface area contributed by atoms with Crippen LogP contribution in [0.5, 0.6) is 0 Å². The lowest BCUT2D eigenvalue weighted by Crippen LogP contribution is -2.23. The van der Waals surface area contributed by atoms with E-state index in [2.05, 4.69) is 10.2 Å². The molecule has 40 heavy (non-hydrogen) atoms. The summed E-state index contributed by atoms with van der Waals surface area (Å²) in [7, 11) is 0. The van der Waals surface area contributed by atoms with E-state index in [0.717, 1.165) is 0 Å². The zero-order valence-corrected chi connectivity index (χ0v) is 22.4. The molecule has 0 unspecified atom stereocenters. The molecule has 12 heteroatoms. The van der Waals surface area contributed by atoms with Gasteiger partial charge in [-0.2, -0.15) is 10.2 Å². The Kier molecular flexibility index (Phi) is 6.77. The van der Waals surface area contributed by atoms with Gasteiger partial charge < -0.3 is 10.2 Å². The maximum atomic E-state index is 12.8. The van der Waals surface area contributed by atoms with Crippen molar-refractivity contribution >= 4 is 34.2 Å². The fraction of sp³-hybridized carbons (Fsp3) is 0.143. The van der Waals surface area contributed by atoms with Crippen LogP contribution in [0.25, 0.3) is 44.4 Å². The van der Waals surface area contributed by atoms with Gasteiger partial charge in [0.25, 0.3) is 11.1 Å². The minimum absolute atomic E-state index is 0.153. The highest BCUT2D eigenvalue weighted by Crippen LogP contribution is 2.42. The van der Waals surface area contributed by atoms with Gasteiger partial charge in [-0.1, -0.05) is 59.6 Å². The van der Waals surface area contributed by atoms with Gasteiger partial charge in [-0.25, -0.2) is 9.03 Å². The number of aliphatic hydroxyl groups is 2. The highest BCUT2D eigenvalue weighted by atomic mass is 35.5. The Labute approximate surface area is 236 Å². The number of fused-ring (bicyclic) bond motifs is 2. The lowest BCUT2D eigenvalue weighted by molar-refractivity contribution is 0.273. The number of rotatable bonds is 7. The standard InChI is InChI=1S/C28H22Cl2N6O4/c29-25-19(17-11-23-27(39)33(7-9-37)15-31-35(23)13-17)3-1-5-21(25)22-6-2-4-20(26(22)30)18-12-24-28(40)34(8-10-38)16-32-36(24)14-18/h1-6,11-16,37-38H,7-10H2. The molecule has 2 aromatic carbocycles. The number of benzene rings is 2. The van der Waals surface area contributed by atoms with E-state index in [1.165, 1.54) is 30.8 Å². The van der Waals surface area contributed by atoms with E-state index < -0.39 is 0 Å². The number of nitrogens with zero attached hydrogens (tertiary/aromatic N) is 6. The summed E-state index contributed by atoms with van der Waals surface area (Å²) in [4.78, 5) is 25.6. The third-order valence-corrected chi connectivity index (χ3v) is 7.60. The topological polar surface area (TPSA) is 119 Å². The van der Waals surface area contributed by atoms with Gasteiger partial charge in [0.05, 0.1) is 36.3 Å². The Morgan fingerprint density at radius 3 is 1.45 bits per heavy atom. The van der Waals surface area contributed by atoms with Gasteiger partial charge in [-0.05, 0) is 12.1 Å². The van der Waals surface area contributed by atoms with Crippen LogP contribution in [0.3, 0.4) is 0 Å². The van der Waals surface area contributed by atoms with E-state index in [0.29, 0.717) is 54.5 Å². The zero-order chi connectivity index (χ0) is 28.0. The Morgan fingerprint density at radius 2 is 1.05 bits per heavy atom.